The van der Waals surface area contributed by atoms with Crippen LogP contribution in [0.3, 0.4) is 0 Å². The van der Waals surface area contributed by atoms with Crippen LogP contribution in [0.2, 0.25) is 0 Å². The van der Waals surface area contributed by atoms with Gasteiger partial charge in [0, 0.05) is 31.9 Å². The molecule has 1 amide bonds. The molecular weight excluding hydrogens is 282 g/mol. The molecule has 1 aliphatic rings. The van der Waals surface area contributed by atoms with Gasteiger partial charge in [-0.1, -0.05) is 6.07 Å². The molecule has 0 saturated carbocycles. The molecule has 1 fully saturated rings. The van der Waals surface area contributed by atoms with E-state index in [0.29, 0.717) is 18.8 Å². The number of nitrogens with one attached hydrogen (secondary N) is 2. The van der Waals surface area contributed by atoms with Gasteiger partial charge in [-0.25, -0.2) is 0 Å². The zero-order chi connectivity index (χ0) is 16.1. The van der Waals surface area contributed by atoms with Crippen LogP contribution in [0.5, 0.6) is 0 Å². The van der Waals surface area contributed by atoms with Crippen LogP contribution in [-0.4, -0.2) is 54.1 Å². The van der Waals surface area contributed by atoms with Crippen LogP contribution in [0.1, 0.15) is 17.5 Å². The Bertz CT molecular complexity index is 533. The minimum absolute atomic E-state index is 0.0394. The first-order chi connectivity index (χ1) is 10.5. The monoisotopic (exact) mass is 305 g/mol. The van der Waals surface area contributed by atoms with Gasteiger partial charge in [0.1, 0.15) is 6.04 Å². The van der Waals surface area contributed by atoms with Crippen molar-refractivity contribution < 1.29 is 14.7 Å². The molecule has 0 aromatic heterocycles. The maximum atomic E-state index is 12.2. The lowest BCUT2D eigenvalue weighted by Gasteiger charge is -2.32. The zero-order valence-corrected chi connectivity index (χ0v) is 13.1. The molecule has 1 atom stereocenters. The summed E-state index contributed by atoms with van der Waals surface area (Å²) in [5.74, 6) is -1.21. The third-order valence-electron chi connectivity index (χ3n) is 3.76. The highest BCUT2D eigenvalue weighted by atomic mass is 16.4. The number of nitrogens with zero attached hydrogens (tertiary/aromatic N) is 1. The van der Waals surface area contributed by atoms with Crippen LogP contribution in [0, 0.1) is 13.8 Å². The summed E-state index contributed by atoms with van der Waals surface area (Å²) in [5, 5.41) is 15.4. The third-order valence-corrected chi connectivity index (χ3v) is 3.76. The van der Waals surface area contributed by atoms with Crippen molar-refractivity contribution in [1.82, 2.24) is 10.2 Å². The quantitative estimate of drug-likeness (QED) is 0.756. The number of anilines is 1. The third kappa shape index (κ3) is 4.54. The molecule has 6 heteroatoms. The van der Waals surface area contributed by atoms with E-state index in [0.717, 1.165) is 24.2 Å². The number of benzene rings is 1. The fraction of sp³-hybridized carbons (Fsp3) is 0.500. The van der Waals surface area contributed by atoms with Gasteiger partial charge in [0.2, 0.25) is 5.91 Å². The second kappa shape index (κ2) is 7.38. The van der Waals surface area contributed by atoms with E-state index in [1.807, 2.05) is 36.9 Å². The van der Waals surface area contributed by atoms with E-state index in [9.17, 15) is 14.7 Å². The molecule has 1 heterocycles. The fourth-order valence-corrected chi connectivity index (χ4v) is 2.80. The van der Waals surface area contributed by atoms with E-state index >= 15 is 0 Å². The normalized spacial score (nSPS) is 17.0. The Labute approximate surface area is 130 Å². The largest absolute Gasteiger partial charge is 0.480 e. The van der Waals surface area contributed by atoms with Gasteiger partial charge in [-0.05, 0) is 37.1 Å². The molecule has 1 aromatic rings. The van der Waals surface area contributed by atoms with Crippen LogP contribution >= 0.6 is 0 Å². The number of aryl methyl sites for hydroxylation is 2. The smallest absolute Gasteiger partial charge is 0.321 e. The Balaban J connectivity index is 2.00. The van der Waals surface area contributed by atoms with Crippen LogP contribution < -0.4 is 10.6 Å². The highest BCUT2D eigenvalue weighted by Gasteiger charge is 2.29. The van der Waals surface area contributed by atoms with Crippen LogP contribution in [0.25, 0.3) is 0 Å². The lowest BCUT2D eigenvalue weighted by molar-refractivity contribution is -0.145. The van der Waals surface area contributed by atoms with Gasteiger partial charge in [-0.2, -0.15) is 0 Å². The van der Waals surface area contributed by atoms with Gasteiger partial charge >= 0.3 is 5.97 Å². The number of carbonyl (C=O) groups excluding carboxylic acids is 1. The predicted molar refractivity (Wildman–Crippen MR) is 85.0 cm³/mol. The lowest BCUT2D eigenvalue weighted by atomic mass is 10.1. The minimum atomic E-state index is -0.947. The minimum Gasteiger partial charge on any atom is -0.480 e. The summed E-state index contributed by atoms with van der Waals surface area (Å²) in [7, 11) is 0. The maximum Gasteiger partial charge on any atom is 0.321 e. The molecule has 22 heavy (non-hydrogen) atoms. The first-order valence-electron chi connectivity index (χ1n) is 7.51. The molecule has 1 saturated heterocycles. The van der Waals surface area contributed by atoms with Crippen molar-refractivity contribution in [3.05, 3.63) is 29.3 Å². The summed E-state index contributed by atoms with van der Waals surface area (Å²) in [6, 6.07) is 5.01. The molecule has 0 radical (unpaired) electrons. The second-order valence-electron chi connectivity index (χ2n) is 5.77. The number of rotatable bonds is 5. The van der Waals surface area contributed by atoms with Crippen LogP contribution in [-0.2, 0) is 9.59 Å². The topological polar surface area (TPSA) is 81.7 Å². The number of aliphatic carboxylic acids is 1. The van der Waals surface area contributed by atoms with E-state index in [2.05, 4.69) is 10.6 Å². The number of carboxylic acids is 1. The van der Waals surface area contributed by atoms with Crippen molar-refractivity contribution in [3.63, 3.8) is 0 Å². The first kappa shape index (κ1) is 16.5. The Morgan fingerprint density at radius 3 is 2.36 bits per heavy atom. The molecule has 120 valence electrons. The van der Waals surface area contributed by atoms with Gasteiger partial charge in [-0.3, -0.25) is 14.5 Å². The molecule has 3 N–H and O–H groups in total. The van der Waals surface area contributed by atoms with E-state index in [1.54, 1.807) is 0 Å². The molecule has 2 rings (SSSR count). The lowest BCUT2D eigenvalue weighted by Crippen LogP contribution is -2.52. The number of carboxylic acid groups (broad SMARTS) is 1. The zero-order valence-electron chi connectivity index (χ0n) is 13.1. The average Bonchev–Trinajstić information content (AvgIpc) is 2.44. The Hall–Kier alpha value is -1.92. The van der Waals surface area contributed by atoms with E-state index in [4.69, 9.17) is 0 Å². The fourth-order valence-electron chi connectivity index (χ4n) is 2.80. The highest BCUT2D eigenvalue weighted by Crippen LogP contribution is 2.15. The maximum absolute atomic E-state index is 12.2. The SMILES string of the molecule is Cc1cc(C)cc(NC(=O)C[C@H](C(=O)O)N2CCNCC2)c1. The summed E-state index contributed by atoms with van der Waals surface area (Å²) in [4.78, 5) is 25.5. The standard InChI is InChI=1S/C16H23N3O3/c1-11-7-12(2)9-13(8-11)18-15(20)10-14(16(21)22)19-5-3-17-4-6-19/h7-9,14,17H,3-6,10H2,1-2H3,(H,18,20)(H,21,22)/t14-/m1/s1. The Morgan fingerprint density at radius 1 is 1.23 bits per heavy atom. The summed E-state index contributed by atoms with van der Waals surface area (Å²) in [5.41, 5.74) is 2.84. The molecular formula is C16H23N3O3. The number of amides is 1. The number of carbonyl (C=O) groups is 2. The number of hydrogen-bond donors (Lipinski definition) is 3. The molecule has 0 spiro atoms. The van der Waals surface area contributed by atoms with E-state index in [1.165, 1.54) is 0 Å². The predicted octanol–water partition coefficient (Wildman–Crippen LogP) is 0.990. The molecule has 1 aromatic carbocycles. The van der Waals surface area contributed by atoms with Crippen molar-refractivity contribution in [1.29, 1.82) is 0 Å². The summed E-state index contributed by atoms with van der Waals surface area (Å²) in [6.45, 7) is 6.72. The van der Waals surface area contributed by atoms with Crippen molar-refractivity contribution >= 4 is 17.6 Å². The van der Waals surface area contributed by atoms with Crippen molar-refractivity contribution in [3.8, 4) is 0 Å². The van der Waals surface area contributed by atoms with Gasteiger partial charge < -0.3 is 15.7 Å². The average molecular weight is 305 g/mol. The van der Waals surface area contributed by atoms with Crippen molar-refractivity contribution in [2.75, 3.05) is 31.5 Å². The van der Waals surface area contributed by atoms with Gasteiger partial charge in [0.15, 0.2) is 0 Å². The molecule has 0 bridgehead atoms. The van der Waals surface area contributed by atoms with Crippen LogP contribution in [0.15, 0.2) is 18.2 Å². The summed E-state index contributed by atoms with van der Waals surface area (Å²) in [6.07, 6.45) is -0.0394. The molecule has 0 unspecified atom stereocenters. The number of piperazine rings is 1. The van der Waals surface area contributed by atoms with E-state index < -0.39 is 12.0 Å². The van der Waals surface area contributed by atoms with E-state index in [-0.39, 0.29) is 12.3 Å². The second-order valence-corrected chi connectivity index (χ2v) is 5.77. The Kier molecular flexibility index (Phi) is 5.51. The van der Waals surface area contributed by atoms with Crippen LogP contribution in [0.4, 0.5) is 5.69 Å². The molecule has 6 nitrogen and oxygen atoms in total. The number of hydrogen-bond acceptors (Lipinski definition) is 4. The highest BCUT2D eigenvalue weighted by molar-refractivity contribution is 5.94. The van der Waals surface area contributed by atoms with Gasteiger partial charge in [0.05, 0.1) is 6.42 Å². The van der Waals surface area contributed by atoms with Crippen molar-refractivity contribution in [2.24, 2.45) is 0 Å². The summed E-state index contributed by atoms with van der Waals surface area (Å²) >= 11 is 0. The first-order valence-corrected chi connectivity index (χ1v) is 7.51. The molecule has 0 aliphatic carbocycles. The van der Waals surface area contributed by atoms with Crippen molar-refractivity contribution in [2.45, 2.75) is 26.3 Å². The van der Waals surface area contributed by atoms with Gasteiger partial charge in [0.25, 0.3) is 0 Å². The summed E-state index contributed by atoms with van der Waals surface area (Å²) < 4.78 is 0. The molecule has 1 aliphatic heterocycles. The Morgan fingerprint density at radius 2 is 1.82 bits per heavy atom. The van der Waals surface area contributed by atoms with Gasteiger partial charge in [-0.15, -0.1) is 0 Å².